The Labute approximate surface area is 123 Å². The number of esters is 1. The van der Waals surface area contributed by atoms with E-state index < -0.39 is 23.8 Å². The fourth-order valence-corrected chi connectivity index (χ4v) is 2.48. The van der Waals surface area contributed by atoms with Crippen molar-refractivity contribution >= 4 is 18.0 Å². The summed E-state index contributed by atoms with van der Waals surface area (Å²) in [6.07, 6.45) is 4.36. The Hall–Kier alpha value is -2.36. The van der Waals surface area contributed by atoms with Gasteiger partial charge in [-0.15, -0.1) is 0 Å². The molecule has 0 unspecified atom stereocenters. The van der Waals surface area contributed by atoms with E-state index in [9.17, 15) is 9.59 Å². The molecular formula is C17H18O4. The zero-order valence-corrected chi connectivity index (χ0v) is 11.7. The molecule has 21 heavy (non-hydrogen) atoms. The average Bonchev–Trinajstić information content (AvgIpc) is 2.87. The minimum atomic E-state index is -0.963. The van der Waals surface area contributed by atoms with E-state index in [1.54, 1.807) is 6.08 Å². The van der Waals surface area contributed by atoms with Gasteiger partial charge in [0.1, 0.15) is 6.61 Å². The highest BCUT2D eigenvalue weighted by Gasteiger charge is 2.40. The molecule has 0 aliphatic heterocycles. The number of ether oxygens (including phenoxy) is 1. The lowest BCUT2D eigenvalue weighted by Crippen LogP contribution is -2.26. The molecule has 1 aromatic carbocycles. The van der Waals surface area contributed by atoms with Gasteiger partial charge in [0.05, 0.1) is 11.8 Å². The monoisotopic (exact) mass is 286 g/mol. The van der Waals surface area contributed by atoms with Gasteiger partial charge in [0.2, 0.25) is 0 Å². The van der Waals surface area contributed by atoms with Gasteiger partial charge in [-0.25, -0.2) is 0 Å². The van der Waals surface area contributed by atoms with E-state index in [0.717, 1.165) is 11.1 Å². The lowest BCUT2D eigenvalue weighted by Gasteiger charge is -2.13. The molecule has 2 rings (SSSR count). The third kappa shape index (κ3) is 4.05. The highest BCUT2D eigenvalue weighted by Crippen LogP contribution is 2.36. The summed E-state index contributed by atoms with van der Waals surface area (Å²) in [7, 11) is 0. The number of carboxylic acids is 1. The number of hydrogen-bond acceptors (Lipinski definition) is 3. The Bertz CT molecular complexity index is 559. The number of allylic oxidation sites excluding steroid dienone is 1. The van der Waals surface area contributed by atoms with E-state index in [1.807, 2.05) is 36.4 Å². The van der Waals surface area contributed by atoms with Crippen molar-refractivity contribution in [3.05, 3.63) is 54.1 Å². The van der Waals surface area contributed by atoms with Crippen molar-refractivity contribution in [1.82, 2.24) is 0 Å². The summed E-state index contributed by atoms with van der Waals surface area (Å²) in [5.41, 5.74) is 1.82. The van der Waals surface area contributed by atoms with E-state index in [2.05, 4.69) is 6.58 Å². The molecule has 1 fully saturated rings. The van der Waals surface area contributed by atoms with E-state index in [1.165, 1.54) is 0 Å². The molecule has 1 aromatic rings. The van der Waals surface area contributed by atoms with Gasteiger partial charge in [-0.05, 0) is 24.5 Å². The molecule has 0 heterocycles. The van der Waals surface area contributed by atoms with Crippen molar-refractivity contribution in [2.75, 3.05) is 6.61 Å². The molecule has 1 aliphatic rings. The third-order valence-electron chi connectivity index (χ3n) is 3.55. The molecule has 1 aliphatic carbocycles. The summed E-state index contributed by atoms with van der Waals surface area (Å²) in [5, 5.41) is 9.11. The minimum absolute atomic E-state index is 0.142. The second-order valence-corrected chi connectivity index (χ2v) is 5.15. The summed E-state index contributed by atoms with van der Waals surface area (Å²) in [6.45, 7) is 3.91. The van der Waals surface area contributed by atoms with E-state index in [4.69, 9.17) is 9.84 Å². The second kappa shape index (κ2) is 6.88. The first-order chi connectivity index (χ1) is 10.1. The van der Waals surface area contributed by atoms with Crippen molar-refractivity contribution in [3.8, 4) is 0 Å². The third-order valence-corrected chi connectivity index (χ3v) is 3.55. The topological polar surface area (TPSA) is 63.6 Å². The van der Waals surface area contributed by atoms with Gasteiger partial charge in [0, 0.05) is 0 Å². The van der Waals surface area contributed by atoms with Gasteiger partial charge < -0.3 is 9.84 Å². The van der Waals surface area contributed by atoms with Crippen molar-refractivity contribution in [2.24, 2.45) is 11.8 Å². The standard InChI is InChI=1S/C17H18O4/c1-12-10-14(16(18)19)15(11-12)17(20)21-9-5-8-13-6-3-2-4-7-13/h2-8,14-15H,1,9-11H2,(H,18,19)/t14-,15+/m1/s1. The van der Waals surface area contributed by atoms with Crippen LogP contribution < -0.4 is 0 Å². The van der Waals surface area contributed by atoms with Crippen LogP contribution in [0.2, 0.25) is 0 Å². The van der Waals surface area contributed by atoms with Gasteiger partial charge >= 0.3 is 11.9 Å². The Morgan fingerprint density at radius 3 is 2.57 bits per heavy atom. The van der Waals surface area contributed by atoms with Gasteiger partial charge in [-0.2, -0.15) is 0 Å². The molecule has 4 nitrogen and oxygen atoms in total. The molecule has 0 aromatic heterocycles. The predicted octanol–water partition coefficient (Wildman–Crippen LogP) is 2.91. The molecular weight excluding hydrogens is 268 g/mol. The lowest BCUT2D eigenvalue weighted by atomic mass is 9.96. The molecule has 0 saturated heterocycles. The molecule has 0 spiro atoms. The quantitative estimate of drug-likeness (QED) is 0.667. The number of benzene rings is 1. The van der Waals surface area contributed by atoms with Crippen LogP contribution in [0, 0.1) is 11.8 Å². The summed E-state index contributed by atoms with van der Waals surface area (Å²) in [6, 6.07) is 9.66. The number of carbonyl (C=O) groups excluding carboxylic acids is 1. The summed E-state index contributed by atoms with van der Waals surface area (Å²) >= 11 is 0. The molecule has 110 valence electrons. The first-order valence-electron chi connectivity index (χ1n) is 6.85. The summed E-state index contributed by atoms with van der Waals surface area (Å²) in [5.74, 6) is -2.74. The normalized spacial score (nSPS) is 21.6. The minimum Gasteiger partial charge on any atom is -0.481 e. The largest absolute Gasteiger partial charge is 0.481 e. The summed E-state index contributed by atoms with van der Waals surface area (Å²) in [4.78, 5) is 23.1. The predicted molar refractivity (Wildman–Crippen MR) is 79.4 cm³/mol. The highest BCUT2D eigenvalue weighted by molar-refractivity contribution is 5.82. The van der Waals surface area contributed by atoms with Crippen LogP contribution in [0.4, 0.5) is 0 Å². The van der Waals surface area contributed by atoms with E-state index >= 15 is 0 Å². The molecule has 4 heteroatoms. The Balaban J connectivity index is 1.86. The van der Waals surface area contributed by atoms with Crippen LogP contribution in [0.15, 0.2) is 48.6 Å². The number of aliphatic carboxylic acids is 1. The van der Waals surface area contributed by atoms with Crippen molar-refractivity contribution in [3.63, 3.8) is 0 Å². The molecule has 2 atom stereocenters. The van der Waals surface area contributed by atoms with Crippen LogP contribution >= 0.6 is 0 Å². The molecule has 1 N–H and O–H groups in total. The van der Waals surface area contributed by atoms with Gasteiger partial charge in [0.25, 0.3) is 0 Å². The number of carboxylic acid groups (broad SMARTS) is 1. The fraction of sp³-hybridized carbons (Fsp3) is 0.294. The second-order valence-electron chi connectivity index (χ2n) is 5.15. The number of rotatable bonds is 5. The molecule has 0 radical (unpaired) electrons. The zero-order valence-electron chi connectivity index (χ0n) is 11.7. The highest BCUT2D eigenvalue weighted by atomic mass is 16.5. The average molecular weight is 286 g/mol. The summed E-state index contributed by atoms with van der Waals surface area (Å²) < 4.78 is 5.15. The van der Waals surface area contributed by atoms with Crippen molar-refractivity contribution in [2.45, 2.75) is 12.8 Å². The number of hydrogen-bond donors (Lipinski definition) is 1. The van der Waals surface area contributed by atoms with E-state index in [-0.39, 0.29) is 6.61 Å². The smallest absolute Gasteiger partial charge is 0.310 e. The Morgan fingerprint density at radius 1 is 1.24 bits per heavy atom. The first-order valence-corrected chi connectivity index (χ1v) is 6.85. The van der Waals surface area contributed by atoms with Crippen LogP contribution in [0.3, 0.4) is 0 Å². The van der Waals surface area contributed by atoms with Crippen LogP contribution in [-0.4, -0.2) is 23.7 Å². The van der Waals surface area contributed by atoms with E-state index in [0.29, 0.717) is 12.8 Å². The van der Waals surface area contributed by atoms with Crippen LogP contribution in [-0.2, 0) is 14.3 Å². The molecule has 0 bridgehead atoms. The SMILES string of the molecule is C=C1C[C@H](C(=O)OCC=Cc2ccccc2)[C@H](C(=O)O)C1. The van der Waals surface area contributed by atoms with Gasteiger partial charge in [0.15, 0.2) is 0 Å². The Morgan fingerprint density at radius 2 is 1.90 bits per heavy atom. The van der Waals surface area contributed by atoms with Crippen LogP contribution in [0.25, 0.3) is 6.08 Å². The molecule has 1 saturated carbocycles. The molecule has 0 amide bonds. The maximum absolute atomic E-state index is 12.0. The zero-order chi connectivity index (χ0) is 15.2. The van der Waals surface area contributed by atoms with Gasteiger partial charge in [-0.1, -0.05) is 48.6 Å². The van der Waals surface area contributed by atoms with Crippen LogP contribution in [0.5, 0.6) is 0 Å². The van der Waals surface area contributed by atoms with Gasteiger partial charge in [-0.3, -0.25) is 9.59 Å². The Kier molecular flexibility index (Phi) is 4.93. The van der Waals surface area contributed by atoms with Crippen molar-refractivity contribution < 1.29 is 19.4 Å². The fourth-order valence-electron chi connectivity index (χ4n) is 2.48. The first kappa shape index (κ1) is 15.0. The lowest BCUT2D eigenvalue weighted by molar-refractivity contribution is -0.155. The number of carbonyl (C=O) groups is 2. The van der Waals surface area contributed by atoms with Crippen LogP contribution in [0.1, 0.15) is 18.4 Å². The van der Waals surface area contributed by atoms with Crippen molar-refractivity contribution in [1.29, 1.82) is 0 Å². The maximum Gasteiger partial charge on any atom is 0.310 e. The maximum atomic E-state index is 12.0.